The van der Waals surface area contributed by atoms with Crippen molar-refractivity contribution >= 4 is 28.3 Å². The van der Waals surface area contributed by atoms with Crippen molar-refractivity contribution in [3.63, 3.8) is 0 Å². The first-order valence-corrected chi connectivity index (χ1v) is 17.7. The zero-order valence-electron chi connectivity index (χ0n) is 27.5. The molecule has 1 amide bonds. The van der Waals surface area contributed by atoms with Crippen molar-refractivity contribution in [2.75, 3.05) is 19.9 Å². The number of carbonyl (C=O) groups is 1. The number of carbonyl (C=O) groups excluding carboxylic acids is 1. The van der Waals surface area contributed by atoms with Crippen LogP contribution in [-0.4, -0.2) is 50.1 Å². The van der Waals surface area contributed by atoms with Crippen LogP contribution >= 0.6 is 11.3 Å². The largest absolute Gasteiger partial charge is 0.489 e. The van der Waals surface area contributed by atoms with Gasteiger partial charge in [-0.05, 0) is 65.9 Å². The Bertz CT molecular complexity index is 2150. The molecule has 2 aliphatic heterocycles. The summed E-state index contributed by atoms with van der Waals surface area (Å²) < 4.78 is 19.0. The Balaban J connectivity index is 0.932. The fourth-order valence-electron chi connectivity index (χ4n) is 6.75. The van der Waals surface area contributed by atoms with E-state index in [-0.39, 0.29) is 24.4 Å². The van der Waals surface area contributed by atoms with E-state index in [0.29, 0.717) is 57.9 Å². The molecule has 1 N–H and O–H groups in total. The minimum absolute atomic E-state index is 0.0444. The smallest absolute Gasteiger partial charge is 0.326 e. The molecular weight excluding hydrogens is 651 g/mol. The Morgan fingerprint density at radius 3 is 2.44 bits per heavy atom. The summed E-state index contributed by atoms with van der Waals surface area (Å²) in [6.45, 7) is 3.81. The highest BCUT2D eigenvalue weighted by Gasteiger charge is 2.28. The molecule has 0 atom stereocenters. The summed E-state index contributed by atoms with van der Waals surface area (Å²) in [6.07, 6.45) is 1.42. The van der Waals surface area contributed by atoms with Crippen LogP contribution in [-0.2, 0) is 26.2 Å². The van der Waals surface area contributed by atoms with Crippen molar-refractivity contribution in [1.82, 2.24) is 24.3 Å². The summed E-state index contributed by atoms with van der Waals surface area (Å²) in [5.74, 6) is 2.26. The quantitative estimate of drug-likeness (QED) is 0.160. The first-order chi connectivity index (χ1) is 24.6. The number of nitrogens with zero attached hydrogens (tertiary/aromatic N) is 4. The summed E-state index contributed by atoms with van der Waals surface area (Å²) in [5.41, 5.74) is 5.48. The number of ether oxygens (including phenoxy) is 3. The molecule has 8 rings (SSSR count). The molecule has 11 heteroatoms. The molecule has 6 aromatic rings. The van der Waals surface area contributed by atoms with Crippen LogP contribution in [0.1, 0.15) is 51.1 Å². The second-order valence-corrected chi connectivity index (χ2v) is 13.7. The number of piperidine rings is 1. The number of aromatic amines is 1. The normalized spacial score (nSPS) is 14.5. The maximum atomic E-state index is 13.6. The minimum atomic E-state index is -0.0993. The van der Waals surface area contributed by atoms with Crippen LogP contribution < -0.4 is 19.9 Å². The van der Waals surface area contributed by atoms with E-state index in [1.807, 2.05) is 81.6 Å². The molecular formula is C39H37N5O5S. The summed E-state index contributed by atoms with van der Waals surface area (Å²) >= 11 is 1.51. The number of para-hydroxylation sites is 2. The number of amides is 1. The molecule has 0 radical (unpaired) electrons. The third kappa shape index (κ3) is 7.01. The number of likely N-dealkylation sites (tertiary alicyclic amines) is 1. The Kier molecular flexibility index (Phi) is 9.06. The number of nitrogens with one attached hydrogen (secondary N) is 1. The summed E-state index contributed by atoms with van der Waals surface area (Å²) in [4.78, 5) is 38.3. The van der Waals surface area contributed by atoms with Gasteiger partial charge in [-0.3, -0.25) is 14.3 Å². The number of hydrogen-bond donors (Lipinski definition) is 1. The minimum Gasteiger partial charge on any atom is -0.489 e. The Morgan fingerprint density at radius 2 is 1.60 bits per heavy atom. The van der Waals surface area contributed by atoms with Gasteiger partial charge in [0.2, 0.25) is 6.79 Å². The predicted octanol–water partition coefficient (Wildman–Crippen LogP) is 6.77. The highest BCUT2D eigenvalue weighted by atomic mass is 32.1. The van der Waals surface area contributed by atoms with Gasteiger partial charge >= 0.3 is 5.69 Å². The molecule has 0 bridgehead atoms. The van der Waals surface area contributed by atoms with E-state index < -0.39 is 0 Å². The second-order valence-electron chi connectivity index (χ2n) is 12.7. The Labute approximate surface area is 293 Å². The average molecular weight is 688 g/mol. The Hall–Kier alpha value is -5.39. The number of thiazole rings is 1. The number of hydrogen-bond acceptors (Lipinski definition) is 8. The fraction of sp³-hybridized carbons (Fsp3) is 0.256. The van der Waals surface area contributed by atoms with E-state index in [0.717, 1.165) is 50.0 Å². The summed E-state index contributed by atoms with van der Waals surface area (Å²) in [7, 11) is 0. The molecule has 1 saturated heterocycles. The van der Waals surface area contributed by atoms with Crippen LogP contribution in [0.25, 0.3) is 11.0 Å². The first kappa shape index (κ1) is 31.9. The van der Waals surface area contributed by atoms with E-state index in [1.165, 1.54) is 11.3 Å². The van der Waals surface area contributed by atoms with Gasteiger partial charge < -0.3 is 24.1 Å². The average Bonchev–Trinajstić information content (AvgIpc) is 3.90. The zero-order chi connectivity index (χ0) is 33.9. The lowest BCUT2D eigenvalue weighted by Crippen LogP contribution is -2.40. The van der Waals surface area contributed by atoms with Gasteiger partial charge in [-0.2, -0.15) is 0 Å². The van der Waals surface area contributed by atoms with E-state index in [1.54, 1.807) is 0 Å². The van der Waals surface area contributed by atoms with E-state index in [9.17, 15) is 9.59 Å². The van der Waals surface area contributed by atoms with Gasteiger partial charge in [0.1, 0.15) is 23.1 Å². The highest BCUT2D eigenvalue weighted by Crippen LogP contribution is 2.33. The molecule has 2 aliphatic rings. The van der Waals surface area contributed by atoms with Crippen molar-refractivity contribution in [3.8, 4) is 17.2 Å². The van der Waals surface area contributed by atoms with Crippen LogP contribution in [0.15, 0.2) is 107 Å². The molecule has 2 aromatic heterocycles. The summed E-state index contributed by atoms with van der Waals surface area (Å²) in [6, 6.07) is 32.2. The summed E-state index contributed by atoms with van der Waals surface area (Å²) in [5, 5.41) is 2.74. The van der Waals surface area contributed by atoms with Gasteiger partial charge in [-0.1, -0.05) is 60.7 Å². The molecule has 254 valence electrons. The third-order valence-corrected chi connectivity index (χ3v) is 10.1. The maximum absolute atomic E-state index is 13.6. The molecule has 4 heterocycles. The van der Waals surface area contributed by atoms with Crippen molar-refractivity contribution in [3.05, 3.63) is 140 Å². The van der Waals surface area contributed by atoms with Crippen LogP contribution in [0.2, 0.25) is 0 Å². The van der Waals surface area contributed by atoms with Crippen molar-refractivity contribution in [2.45, 2.75) is 45.1 Å². The van der Waals surface area contributed by atoms with Gasteiger partial charge in [-0.15, -0.1) is 11.3 Å². The molecule has 0 unspecified atom stereocenters. The van der Waals surface area contributed by atoms with E-state index in [4.69, 9.17) is 19.2 Å². The predicted molar refractivity (Wildman–Crippen MR) is 192 cm³/mol. The third-order valence-electron chi connectivity index (χ3n) is 9.29. The molecule has 10 nitrogen and oxygen atoms in total. The van der Waals surface area contributed by atoms with Crippen molar-refractivity contribution in [2.24, 2.45) is 0 Å². The molecule has 0 aliphatic carbocycles. The van der Waals surface area contributed by atoms with Gasteiger partial charge in [0, 0.05) is 37.6 Å². The van der Waals surface area contributed by atoms with Crippen LogP contribution in [0.3, 0.4) is 0 Å². The zero-order valence-corrected chi connectivity index (χ0v) is 28.3. The first-order valence-electron chi connectivity index (χ1n) is 16.9. The lowest BCUT2D eigenvalue weighted by atomic mass is 10.0. The molecule has 0 spiro atoms. The lowest BCUT2D eigenvalue weighted by Gasteiger charge is -2.32. The van der Waals surface area contributed by atoms with Crippen LogP contribution in [0.4, 0.5) is 0 Å². The standard InChI is InChI=1S/C39H37N5O5S/c45-38(43-18-16-30(17-19-43)44-34-9-5-4-8-32(34)41-39(44)46)33-25-50-37(40-33)23-42(22-29-12-15-35-36(20-29)49-26-48-35)21-27-10-13-31(14-11-27)47-24-28-6-2-1-3-7-28/h1-15,20,25,30H,16-19,21-24,26H2,(H,41,46). The van der Waals surface area contributed by atoms with Crippen LogP contribution in [0.5, 0.6) is 17.2 Å². The van der Waals surface area contributed by atoms with Gasteiger partial charge in [0.15, 0.2) is 11.5 Å². The molecule has 1 fully saturated rings. The second kappa shape index (κ2) is 14.2. The maximum Gasteiger partial charge on any atom is 0.326 e. The van der Waals surface area contributed by atoms with Gasteiger partial charge in [0.05, 0.1) is 17.6 Å². The van der Waals surface area contributed by atoms with Crippen LogP contribution in [0, 0.1) is 0 Å². The number of H-pyrrole nitrogens is 1. The molecule has 0 saturated carbocycles. The fourth-order valence-corrected chi connectivity index (χ4v) is 7.56. The monoisotopic (exact) mass is 687 g/mol. The topological polar surface area (TPSA) is 102 Å². The molecule has 50 heavy (non-hydrogen) atoms. The number of imidazole rings is 1. The van der Waals surface area contributed by atoms with E-state index >= 15 is 0 Å². The molecule has 4 aromatic carbocycles. The van der Waals surface area contributed by atoms with Gasteiger partial charge in [0.25, 0.3) is 5.91 Å². The SMILES string of the molecule is O=C(c1csc(CN(Cc2ccc(OCc3ccccc3)cc2)Cc2ccc3c(c2)OCO3)n1)N1CCC(n2c(=O)[nH]c3ccccc32)CC1. The van der Waals surface area contributed by atoms with Gasteiger partial charge in [-0.25, -0.2) is 9.78 Å². The van der Waals surface area contributed by atoms with Crippen molar-refractivity contribution < 1.29 is 19.0 Å². The van der Waals surface area contributed by atoms with Crippen molar-refractivity contribution in [1.29, 1.82) is 0 Å². The lowest BCUT2D eigenvalue weighted by molar-refractivity contribution is 0.0689. The number of rotatable bonds is 11. The number of aromatic nitrogens is 3. The Morgan fingerprint density at radius 1 is 0.860 bits per heavy atom. The highest BCUT2D eigenvalue weighted by molar-refractivity contribution is 7.09. The van der Waals surface area contributed by atoms with E-state index in [2.05, 4.69) is 40.2 Å². The number of benzene rings is 4. The number of fused-ring (bicyclic) bond motifs is 2.